The Kier molecular flexibility index (Phi) is 3.59. The first-order valence-electron chi connectivity index (χ1n) is 7.48. The number of para-hydroxylation sites is 1. The van der Waals surface area contributed by atoms with Crippen LogP contribution >= 0.6 is 11.3 Å². The second-order valence-corrected chi connectivity index (χ2v) is 7.68. The maximum absolute atomic E-state index is 3.80. The Balaban J connectivity index is 1.91. The predicted molar refractivity (Wildman–Crippen MR) is 88.8 cm³/mol. The average molecular weight is 285 g/mol. The van der Waals surface area contributed by atoms with Gasteiger partial charge in [-0.25, -0.2) is 0 Å². The third-order valence-corrected chi connectivity index (χ3v) is 5.11. The monoisotopic (exact) mass is 285 g/mol. The first-order chi connectivity index (χ1) is 9.55. The fraction of sp³-hybridized carbons (Fsp3) is 0.444. The van der Waals surface area contributed by atoms with Crippen molar-refractivity contribution < 1.29 is 0 Å². The number of hydrogen-bond donors (Lipinski definition) is 1. The fourth-order valence-corrected chi connectivity index (χ4v) is 4.07. The Morgan fingerprint density at radius 1 is 1.15 bits per heavy atom. The van der Waals surface area contributed by atoms with Gasteiger partial charge in [-0.15, -0.1) is 11.3 Å². The molecule has 1 atom stereocenters. The Bertz CT molecular complexity index is 591. The zero-order chi connectivity index (χ0) is 14.2. The lowest BCUT2D eigenvalue weighted by atomic mass is 9.85. The highest BCUT2D eigenvalue weighted by atomic mass is 32.1. The van der Waals surface area contributed by atoms with E-state index in [1.165, 1.54) is 36.1 Å². The van der Waals surface area contributed by atoms with Crippen molar-refractivity contribution in [1.82, 2.24) is 0 Å². The molecule has 20 heavy (non-hydrogen) atoms. The van der Waals surface area contributed by atoms with Gasteiger partial charge in [-0.05, 0) is 53.3 Å². The molecule has 1 nitrogen and oxygen atoms in total. The van der Waals surface area contributed by atoms with Crippen molar-refractivity contribution in [2.24, 2.45) is 0 Å². The smallest absolute Gasteiger partial charge is 0.0525 e. The van der Waals surface area contributed by atoms with E-state index in [-0.39, 0.29) is 5.41 Å². The highest BCUT2D eigenvalue weighted by Gasteiger charge is 2.23. The van der Waals surface area contributed by atoms with Crippen LogP contribution in [0.3, 0.4) is 0 Å². The van der Waals surface area contributed by atoms with Crippen LogP contribution < -0.4 is 5.32 Å². The first kappa shape index (κ1) is 13.7. The number of fused-ring (bicyclic) bond motifs is 1. The van der Waals surface area contributed by atoms with Crippen LogP contribution in [0, 0.1) is 0 Å². The number of nitrogens with one attached hydrogen (secondary N) is 1. The molecule has 1 heterocycles. The van der Waals surface area contributed by atoms with Crippen LogP contribution in [-0.4, -0.2) is 0 Å². The molecule has 0 aliphatic heterocycles. The highest BCUT2D eigenvalue weighted by molar-refractivity contribution is 7.10. The van der Waals surface area contributed by atoms with Gasteiger partial charge in [0.25, 0.3) is 0 Å². The summed E-state index contributed by atoms with van der Waals surface area (Å²) in [5, 5.41) is 6.04. The maximum Gasteiger partial charge on any atom is 0.0525 e. The molecular formula is C18H23NS. The van der Waals surface area contributed by atoms with Gasteiger partial charge in [0, 0.05) is 10.6 Å². The summed E-state index contributed by atoms with van der Waals surface area (Å²) < 4.78 is 0. The topological polar surface area (TPSA) is 12.0 Å². The molecule has 1 aromatic carbocycles. The number of hydrogen-bond acceptors (Lipinski definition) is 2. The van der Waals surface area contributed by atoms with Gasteiger partial charge >= 0.3 is 0 Å². The molecule has 0 fully saturated rings. The minimum Gasteiger partial charge on any atom is -0.378 e. The predicted octanol–water partition coefficient (Wildman–Crippen LogP) is 5.54. The molecule has 1 aliphatic rings. The molecule has 2 heteroatoms. The Hall–Kier alpha value is -1.28. The molecule has 2 aromatic rings. The molecule has 0 saturated carbocycles. The maximum atomic E-state index is 3.80. The largest absolute Gasteiger partial charge is 0.378 e. The molecule has 1 unspecified atom stereocenters. The van der Waals surface area contributed by atoms with E-state index in [2.05, 4.69) is 61.8 Å². The summed E-state index contributed by atoms with van der Waals surface area (Å²) in [6.45, 7) is 6.85. The summed E-state index contributed by atoms with van der Waals surface area (Å²) >= 11 is 1.91. The highest BCUT2D eigenvalue weighted by Crippen LogP contribution is 2.38. The van der Waals surface area contributed by atoms with E-state index in [0.717, 1.165) is 0 Å². The molecule has 0 radical (unpaired) electrons. The number of thiophene rings is 1. The van der Waals surface area contributed by atoms with Gasteiger partial charge in [0.15, 0.2) is 0 Å². The molecule has 1 N–H and O–H groups in total. The molecule has 0 bridgehead atoms. The SMILES string of the molecule is CC(C)(C)c1ccccc1NC1CCCc2sccc21. The lowest BCUT2D eigenvalue weighted by molar-refractivity contribution is 0.581. The summed E-state index contributed by atoms with van der Waals surface area (Å²) in [7, 11) is 0. The van der Waals surface area contributed by atoms with Crippen molar-refractivity contribution in [2.45, 2.75) is 51.5 Å². The van der Waals surface area contributed by atoms with Crippen molar-refractivity contribution in [1.29, 1.82) is 0 Å². The summed E-state index contributed by atoms with van der Waals surface area (Å²) in [4.78, 5) is 1.57. The summed E-state index contributed by atoms with van der Waals surface area (Å²) in [5.41, 5.74) is 4.40. The van der Waals surface area contributed by atoms with Crippen molar-refractivity contribution in [2.75, 3.05) is 5.32 Å². The minimum atomic E-state index is 0.176. The molecule has 106 valence electrons. The van der Waals surface area contributed by atoms with Crippen LogP contribution in [-0.2, 0) is 11.8 Å². The van der Waals surface area contributed by atoms with Gasteiger partial charge in [0.05, 0.1) is 6.04 Å². The van der Waals surface area contributed by atoms with E-state index in [9.17, 15) is 0 Å². The Labute approximate surface area is 126 Å². The standard InChI is InChI=1S/C18H23NS/c1-18(2,3)14-7-4-5-8-16(14)19-15-9-6-10-17-13(15)11-12-20-17/h4-5,7-8,11-12,15,19H,6,9-10H2,1-3H3. The summed E-state index contributed by atoms with van der Waals surface area (Å²) in [6.07, 6.45) is 3.79. The summed E-state index contributed by atoms with van der Waals surface area (Å²) in [6, 6.07) is 11.5. The lowest BCUT2D eigenvalue weighted by Gasteiger charge is -2.29. The van der Waals surface area contributed by atoms with Gasteiger partial charge in [-0.2, -0.15) is 0 Å². The van der Waals surface area contributed by atoms with Gasteiger partial charge < -0.3 is 5.32 Å². The molecule has 0 spiro atoms. The van der Waals surface area contributed by atoms with Crippen molar-refractivity contribution in [3.8, 4) is 0 Å². The van der Waals surface area contributed by atoms with Crippen molar-refractivity contribution in [3.63, 3.8) is 0 Å². The average Bonchev–Trinajstić information content (AvgIpc) is 2.87. The molecule has 0 saturated heterocycles. The lowest BCUT2D eigenvalue weighted by Crippen LogP contribution is -2.19. The van der Waals surface area contributed by atoms with Crippen LogP contribution in [0.2, 0.25) is 0 Å². The van der Waals surface area contributed by atoms with Crippen molar-refractivity contribution >= 4 is 17.0 Å². The number of benzene rings is 1. The normalized spacial score (nSPS) is 18.6. The molecule has 0 amide bonds. The number of anilines is 1. The van der Waals surface area contributed by atoms with Gasteiger partial charge in [-0.1, -0.05) is 39.0 Å². The van der Waals surface area contributed by atoms with Crippen LogP contribution in [0.4, 0.5) is 5.69 Å². The zero-order valence-electron chi connectivity index (χ0n) is 12.6. The Morgan fingerprint density at radius 3 is 2.75 bits per heavy atom. The van der Waals surface area contributed by atoms with Gasteiger partial charge in [0.1, 0.15) is 0 Å². The van der Waals surface area contributed by atoms with E-state index in [4.69, 9.17) is 0 Å². The second-order valence-electron chi connectivity index (χ2n) is 6.68. The van der Waals surface area contributed by atoms with Gasteiger partial charge in [-0.3, -0.25) is 0 Å². The summed E-state index contributed by atoms with van der Waals surface area (Å²) in [5.74, 6) is 0. The Morgan fingerprint density at radius 2 is 1.95 bits per heavy atom. The van der Waals surface area contributed by atoms with Crippen molar-refractivity contribution in [3.05, 3.63) is 51.7 Å². The number of rotatable bonds is 2. The third-order valence-electron chi connectivity index (χ3n) is 4.12. The molecule has 1 aliphatic carbocycles. The molecule has 1 aromatic heterocycles. The molecular weight excluding hydrogens is 262 g/mol. The van der Waals surface area contributed by atoms with E-state index >= 15 is 0 Å². The van der Waals surface area contributed by atoms with Crippen LogP contribution in [0.15, 0.2) is 35.7 Å². The quantitative estimate of drug-likeness (QED) is 0.764. The van der Waals surface area contributed by atoms with Crippen LogP contribution in [0.25, 0.3) is 0 Å². The second kappa shape index (κ2) is 5.25. The number of aryl methyl sites for hydroxylation is 1. The van der Waals surface area contributed by atoms with E-state index in [0.29, 0.717) is 6.04 Å². The molecule has 3 rings (SSSR count). The fourth-order valence-electron chi connectivity index (χ4n) is 3.09. The van der Waals surface area contributed by atoms with E-state index in [1.807, 2.05) is 11.3 Å². The van der Waals surface area contributed by atoms with E-state index < -0.39 is 0 Å². The first-order valence-corrected chi connectivity index (χ1v) is 8.36. The third kappa shape index (κ3) is 2.62. The zero-order valence-corrected chi connectivity index (χ0v) is 13.4. The van der Waals surface area contributed by atoms with Crippen LogP contribution in [0.5, 0.6) is 0 Å². The van der Waals surface area contributed by atoms with Gasteiger partial charge in [0.2, 0.25) is 0 Å². The van der Waals surface area contributed by atoms with E-state index in [1.54, 1.807) is 4.88 Å². The van der Waals surface area contributed by atoms with Crippen LogP contribution in [0.1, 0.15) is 55.7 Å². The minimum absolute atomic E-state index is 0.176.